The summed E-state index contributed by atoms with van der Waals surface area (Å²) in [4.78, 5) is 35.4. The van der Waals surface area contributed by atoms with E-state index in [9.17, 15) is 14.4 Å². The van der Waals surface area contributed by atoms with Gasteiger partial charge >= 0.3 is 0 Å². The van der Waals surface area contributed by atoms with E-state index < -0.39 is 11.8 Å². The molecule has 0 radical (unpaired) electrons. The molecular weight excluding hydrogens is 366 g/mol. The number of hydrogen-bond acceptors (Lipinski definition) is 3. The average Bonchev–Trinajstić information content (AvgIpc) is 2.67. The van der Waals surface area contributed by atoms with Gasteiger partial charge < -0.3 is 5.32 Å². The van der Waals surface area contributed by atoms with Crippen LogP contribution < -0.4 is 16.2 Å². The number of anilines is 1. The maximum absolute atomic E-state index is 11.9. The quantitative estimate of drug-likeness (QED) is 0.527. The van der Waals surface area contributed by atoms with Gasteiger partial charge in [-0.25, -0.2) is 0 Å². The molecule has 140 valence electrons. The predicted molar refractivity (Wildman–Crippen MR) is 106 cm³/mol. The molecule has 0 unspecified atom stereocenters. The smallest absolute Gasteiger partial charge is 0.262 e. The van der Waals surface area contributed by atoms with E-state index in [0.717, 1.165) is 11.1 Å². The molecule has 0 atom stereocenters. The third-order valence-electron chi connectivity index (χ3n) is 3.67. The van der Waals surface area contributed by atoms with Crippen LogP contribution >= 0.6 is 11.6 Å². The lowest BCUT2D eigenvalue weighted by Gasteiger charge is -2.09. The van der Waals surface area contributed by atoms with Gasteiger partial charge in [-0.1, -0.05) is 48.0 Å². The molecule has 2 rings (SSSR count). The van der Waals surface area contributed by atoms with Crippen molar-refractivity contribution in [1.82, 2.24) is 10.9 Å². The van der Waals surface area contributed by atoms with Crippen molar-refractivity contribution in [3.8, 4) is 0 Å². The van der Waals surface area contributed by atoms with Crippen molar-refractivity contribution in [2.24, 2.45) is 0 Å². The fraction of sp³-hybridized carbons (Fsp3) is 0.150. The van der Waals surface area contributed by atoms with Gasteiger partial charge in [0.05, 0.1) is 0 Å². The Morgan fingerprint density at radius 3 is 2.37 bits per heavy atom. The summed E-state index contributed by atoms with van der Waals surface area (Å²) in [6, 6.07) is 14.5. The number of benzene rings is 2. The Hall–Kier alpha value is -3.12. The molecule has 7 heteroatoms. The molecule has 0 saturated heterocycles. The Morgan fingerprint density at radius 1 is 0.926 bits per heavy atom. The van der Waals surface area contributed by atoms with Gasteiger partial charge in [0, 0.05) is 29.6 Å². The van der Waals surface area contributed by atoms with Crippen LogP contribution in [-0.2, 0) is 14.4 Å². The highest BCUT2D eigenvalue weighted by Gasteiger charge is 2.10. The number of halogens is 1. The van der Waals surface area contributed by atoms with Crippen LogP contribution in [0.3, 0.4) is 0 Å². The highest BCUT2D eigenvalue weighted by Crippen LogP contribution is 2.23. The summed E-state index contributed by atoms with van der Waals surface area (Å²) in [7, 11) is 0. The maximum Gasteiger partial charge on any atom is 0.262 e. The van der Waals surface area contributed by atoms with Gasteiger partial charge in [0.15, 0.2) is 0 Å². The van der Waals surface area contributed by atoms with Crippen molar-refractivity contribution in [3.63, 3.8) is 0 Å². The number of carbonyl (C=O) groups is 3. The van der Waals surface area contributed by atoms with E-state index >= 15 is 0 Å². The van der Waals surface area contributed by atoms with Crippen molar-refractivity contribution < 1.29 is 14.4 Å². The SMILES string of the molecule is Cc1c(Cl)cccc1NC(=O)CCC(=O)NNC(=O)/C=C/c1ccccc1. The van der Waals surface area contributed by atoms with Crippen LogP contribution in [-0.4, -0.2) is 17.7 Å². The molecule has 0 spiro atoms. The van der Waals surface area contributed by atoms with E-state index in [4.69, 9.17) is 11.6 Å². The summed E-state index contributed by atoms with van der Waals surface area (Å²) in [5, 5.41) is 3.26. The summed E-state index contributed by atoms with van der Waals surface area (Å²) >= 11 is 6.00. The topological polar surface area (TPSA) is 87.3 Å². The zero-order valence-electron chi connectivity index (χ0n) is 14.8. The zero-order valence-corrected chi connectivity index (χ0v) is 15.5. The van der Waals surface area contributed by atoms with E-state index in [0.29, 0.717) is 10.7 Å². The van der Waals surface area contributed by atoms with Crippen LogP contribution in [0.1, 0.15) is 24.0 Å². The van der Waals surface area contributed by atoms with Crippen LogP contribution in [0.25, 0.3) is 6.08 Å². The molecule has 0 aliphatic heterocycles. The second-order valence-electron chi connectivity index (χ2n) is 5.74. The normalized spacial score (nSPS) is 10.4. The van der Waals surface area contributed by atoms with Crippen molar-refractivity contribution in [3.05, 3.63) is 70.8 Å². The molecular formula is C20H20ClN3O3. The molecule has 2 aromatic carbocycles. The first-order chi connectivity index (χ1) is 13.0. The summed E-state index contributed by atoms with van der Waals surface area (Å²) in [5.74, 6) is -1.24. The summed E-state index contributed by atoms with van der Waals surface area (Å²) in [6.07, 6.45) is 2.86. The largest absolute Gasteiger partial charge is 0.326 e. The molecule has 0 aliphatic carbocycles. The number of amides is 3. The van der Waals surface area contributed by atoms with Crippen LogP contribution in [0.2, 0.25) is 5.02 Å². The molecule has 0 fully saturated rings. The number of rotatable bonds is 6. The predicted octanol–water partition coefficient (Wildman–Crippen LogP) is 3.23. The first-order valence-corrected chi connectivity index (χ1v) is 8.70. The van der Waals surface area contributed by atoms with E-state index in [1.54, 1.807) is 31.2 Å². The molecule has 0 heterocycles. The van der Waals surface area contributed by atoms with Crippen LogP contribution in [0.15, 0.2) is 54.6 Å². The highest BCUT2D eigenvalue weighted by molar-refractivity contribution is 6.31. The Balaban J connectivity index is 1.71. The zero-order chi connectivity index (χ0) is 19.6. The Morgan fingerprint density at radius 2 is 1.63 bits per heavy atom. The molecule has 0 aromatic heterocycles. The lowest BCUT2D eigenvalue weighted by Crippen LogP contribution is -2.41. The van der Waals surface area contributed by atoms with Gasteiger partial charge in [0.25, 0.3) is 5.91 Å². The molecule has 3 N–H and O–H groups in total. The minimum Gasteiger partial charge on any atom is -0.326 e. The monoisotopic (exact) mass is 385 g/mol. The third-order valence-corrected chi connectivity index (χ3v) is 4.08. The summed E-state index contributed by atoms with van der Waals surface area (Å²) < 4.78 is 0. The Kier molecular flexibility index (Phi) is 7.58. The van der Waals surface area contributed by atoms with E-state index in [1.165, 1.54) is 6.08 Å². The molecule has 27 heavy (non-hydrogen) atoms. The minimum atomic E-state index is -0.466. The van der Waals surface area contributed by atoms with Crippen molar-refractivity contribution in [2.75, 3.05) is 5.32 Å². The van der Waals surface area contributed by atoms with Gasteiger partial charge in [0.2, 0.25) is 11.8 Å². The van der Waals surface area contributed by atoms with E-state index in [2.05, 4.69) is 16.2 Å². The molecule has 6 nitrogen and oxygen atoms in total. The summed E-state index contributed by atoms with van der Waals surface area (Å²) in [6.45, 7) is 1.79. The van der Waals surface area contributed by atoms with Crippen molar-refractivity contribution in [1.29, 1.82) is 0 Å². The molecule has 0 bridgehead atoms. The first kappa shape index (κ1) is 20.2. The molecule has 0 aliphatic rings. The number of hydrazine groups is 1. The first-order valence-electron chi connectivity index (χ1n) is 8.32. The third kappa shape index (κ3) is 6.95. The average molecular weight is 386 g/mol. The molecule has 2 aromatic rings. The van der Waals surface area contributed by atoms with Gasteiger partial charge in [-0.05, 0) is 36.3 Å². The standard InChI is InChI=1S/C20H20ClN3O3/c1-14-16(21)8-5-9-17(14)22-18(25)12-13-20(27)24-23-19(26)11-10-15-6-3-2-4-7-15/h2-11H,12-13H2,1H3,(H,22,25)(H,23,26)(H,24,27)/b11-10+. The van der Waals surface area contributed by atoms with Gasteiger partial charge in [-0.3, -0.25) is 25.2 Å². The Bertz CT molecular complexity index is 851. The van der Waals surface area contributed by atoms with Gasteiger partial charge in [0.1, 0.15) is 0 Å². The second kappa shape index (κ2) is 10.1. The van der Waals surface area contributed by atoms with Gasteiger partial charge in [-0.15, -0.1) is 0 Å². The van der Waals surface area contributed by atoms with Crippen molar-refractivity contribution in [2.45, 2.75) is 19.8 Å². The van der Waals surface area contributed by atoms with E-state index in [-0.39, 0.29) is 18.7 Å². The second-order valence-corrected chi connectivity index (χ2v) is 6.15. The van der Waals surface area contributed by atoms with Crippen molar-refractivity contribution >= 4 is 41.1 Å². The van der Waals surface area contributed by atoms with Crippen LogP contribution in [0.4, 0.5) is 5.69 Å². The minimum absolute atomic E-state index is 0.0203. The highest BCUT2D eigenvalue weighted by atomic mass is 35.5. The Labute approximate surface area is 162 Å². The maximum atomic E-state index is 11.9. The summed E-state index contributed by atoms with van der Waals surface area (Å²) in [5.41, 5.74) is 6.77. The molecule has 3 amide bonds. The lowest BCUT2D eigenvalue weighted by atomic mass is 10.2. The lowest BCUT2D eigenvalue weighted by molar-refractivity contribution is -0.128. The van der Waals surface area contributed by atoms with Crippen LogP contribution in [0.5, 0.6) is 0 Å². The number of carbonyl (C=O) groups excluding carboxylic acids is 3. The van der Waals surface area contributed by atoms with Gasteiger partial charge in [-0.2, -0.15) is 0 Å². The fourth-order valence-corrected chi connectivity index (χ4v) is 2.33. The number of nitrogens with one attached hydrogen (secondary N) is 3. The number of hydrogen-bond donors (Lipinski definition) is 3. The van der Waals surface area contributed by atoms with Crippen LogP contribution in [0, 0.1) is 6.92 Å². The van der Waals surface area contributed by atoms with E-state index in [1.807, 2.05) is 30.3 Å². The molecule has 0 saturated carbocycles. The fourth-order valence-electron chi connectivity index (χ4n) is 2.15.